The van der Waals surface area contributed by atoms with Crippen LogP contribution in [0.1, 0.15) is 12.7 Å². The van der Waals surface area contributed by atoms with E-state index in [1.165, 1.54) is 11.8 Å². The van der Waals surface area contributed by atoms with Crippen LogP contribution < -0.4 is 10.1 Å². The molecule has 0 bridgehead atoms. The molecule has 0 spiro atoms. The summed E-state index contributed by atoms with van der Waals surface area (Å²) in [6, 6.07) is 18.4. The van der Waals surface area contributed by atoms with Crippen LogP contribution in [0, 0.1) is 0 Å². The highest BCUT2D eigenvalue weighted by molar-refractivity contribution is 8.00. The topological polar surface area (TPSA) is 82.2 Å². The van der Waals surface area contributed by atoms with Crippen LogP contribution >= 0.6 is 23.4 Å². The van der Waals surface area contributed by atoms with Crippen LogP contribution in [0.5, 0.6) is 5.75 Å². The van der Waals surface area contributed by atoms with Gasteiger partial charge in [-0.05, 0) is 61.5 Å². The summed E-state index contributed by atoms with van der Waals surface area (Å²) < 4.78 is 12.7. The van der Waals surface area contributed by atoms with Gasteiger partial charge in [0.15, 0.2) is 11.0 Å². The molecule has 2 aromatic heterocycles. The first-order chi connectivity index (χ1) is 15.5. The van der Waals surface area contributed by atoms with Gasteiger partial charge in [0.05, 0.1) is 25.2 Å². The molecule has 2 heterocycles. The van der Waals surface area contributed by atoms with E-state index >= 15 is 0 Å². The largest absolute Gasteiger partial charge is 0.497 e. The number of aromatic nitrogens is 3. The average Bonchev–Trinajstić information content (AvgIpc) is 3.44. The van der Waals surface area contributed by atoms with Crippen molar-refractivity contribution in [3.63, 3.8) is 0 Å². The number of nitrogens with one attached hydrogen (secondary N) is 1. The molecule has 2 aromatic carbocycles. The monoisotopic (exact) mass is 468 g/mol. The quantitative estimate of drug-likeness (QED) is 0.350. The van der Waals surface area contributed by atoms with Gasteiger partial charge in [-0.25, -0.2) is 0 Å². The zero-order valence-electron chi connectivity index (χ0n) is 17.5. The van der Waals surface area contributed by atoms with Crippen molar-refractivity contribution in [1.82, 2.24) is 14.8 Å². The molecule has 32 heavy (non-hydrogen) atoms. The average molecular weight is 469 g/mol. The highest BCUT2D eigenvalue weighted by atomic mass is 35.5. The maximum Gasteiger partial charge on any atom is 0.237 e. The third-order valence-corrected chi connectivity index (χ3v) is 6.02. The molecule has 7 nitrogen and oxygen atoms in total. The number of amides is 1. The number of carbonyl (C=O) groups excluding carboxylic acids is 1. The van der Waals surface area contributed by atoms with Crippen LogP contribution in [0.15, 0.2) is 76.5 Å². The van der Waals surface area contributed by atoms with Gasteiger partial charge in [-0.2, -0.15) is 0 Å². The number of rotatable bonds is 8. The van der Waals surface area contributed by atoms with Crippen molar-refractivity contribution in [2.24, 2.45) is 0 Å². The molecule has 1 N–H and O–H groups in total. The van der Waals surface area contributed by atoms with E-state index in [1.54, 1.807) is 37.6 Å². The number of hydrogen-bond donors (Lipinski definition) is 1. The van der Waals surface area contributed by atoms with Gasteiger partial charge in [0.25, 0.3) is 0 Å². The Kier molecular flexibility index (Phi) is 6.82. The second-order valence-electron chi connectivity index (χ2n) is 6.96. The second kappa shape index (κ2) is 9.93. The fourth-order valence-corrected chi connectivity index (χ4v) is 4.09. The molecule has 0 aliphatic rings. The molecule has 0 saturated carbocycles. The van der Waals surface area contributed by atoms with Gasteiger partial charge in [0.1, 0.15) is 11.5 Å². The molecule has 4 rings (SSSR count). The van der Waals surface area contributed by atoms with Crippen LogP contribution in [0.25, 0.3) is 11.4 Å². The van der Waals surface area contributed by atoms with Crippen molar-refractivity contribution >= 4 is 35.0 Å². The number of halogens is 1. The first-order valence-electron chi connectivity index (χ1n) is 9.86. The summed E-state index contributed by atoms with van der Waals surface area (Å²) in [6.07, 6.45) is 1.63. The zero-order chi connectivity index (χ0) is 22.5. The summed E-state index contributed by atoms with van der Waals surface area (Å²) in [5.74, 6) is 2.04. The van der Waals surface area contributed by atoms with Gasteiger partial charge >= 0.3 is 0 Å². The minimum Gasteiger partial charge on any atom is -0.497 e. The third kappa shape index (κ3) is 5.15. The molecule has 9 heteroatoms. The molecule has 164 valence electrons. The first kappa shape index (κ1) is 22.0. The molecular formula is C23H21ClN4O3S. The SMILES string of the molecule is COc1ccc(-c2nnc(SC(C)C(=O)Nc3cccc(Cl)c3)n2Cc2ccco2)cc1. The Hall–Kier alpha value is -3.23. The number of ether oxygens (including phenoxy) is 1. The number of benzene rings is 2. The Morgan fingerprint density at radius 3 is 2.69 bits per heavy atom. The van der Waals surface area contributed by atoms with E-state index in [4.69, 9.17) is 20.8 Å². The molecule has 0 radical (unpaired) electrons. The lowest BCUT2D eigenvalue weighted by molar-refractivity contribution is -0.115. The summed E-state index contributed by atoms with van der Waals surface area (Å²) in [4.78, 5) is 12.7. The maximum absolute atomic E-state index is 12.7. The Morgan fingerprint density at radius 2 is 2.00 bits per heavy atom. The molecule has 1 unspecified atom stereocenters. The van der Waals surface area contributed by atoms with Crippen molar-refractivity contribution in [2.45, 2.75) is 23.9 Å². The lowest BCUT2D eigenvalue weighted by Gasteiger charge is -2.13. The first-order valence-corrected chi connectivity index (χ1v) is 11.1. The molecule has 0 aliphatic carbocycles. The molecule has 1 atom stereocenters. The highest BCUT2D eigenvalue weighted by Gasteiger charge is 2.22. The highest BCUT2D eigenvalue weighted by Crippen LogP contribution is 2.29. The van der Waals surface area contributed by atoms with Crippen molar-refractivity contribution in [3.8, 4) is 17.1 Å². The van der Waals surface area contributed by atoms with E-state index in [0.717, 1.165) is 17.1 Å². The Labute approximate surface area is 194 Å². The number of nitrogens with zero attached hydrogens (tertiary/aromatic N) is 3. The standard InChI is InChI=1S/C23H21ClN4O3S/c1-15(22(29)25-18-6-3-5-17(24)13-18)32-23-27-26-21(16-8-10-19(30-2)11-9-16)28(23)14-20-7-4-12-31-20/h3-13,15H,14H2,1-2H3,(H,25,29). The van der Waals surface area contributed by atoms with Crippen LogP contribution in [0.3, 0.4) is 0 Å². The molecule has 1 amide bonds. The lowest BCUT2D eigenvalue weighted by atomic mass is 10.2. The molecule has 0 saturated heterocycles. The van der Waals surface area contributed by atoms with Gasteiger partial charge in [-0.3, -0.25) is 9.36 Å². The fraction of sp³-hybridized carbons (Fsp3) is 0.174. The van der Waals surface area contributed by atoms with Gasteiger partial charge < -0.3 is 14.5 Å². The fourth-order valence-electron chi connectivity index (χ4n) is 3.05. The van der Waals surface area contributed by atoms with Crippen LogP contribution in [-0.4, -0.2) is 33.0 Å². The summed E-state index contributed by atoms with van der Waals surface area (Å²) >= 11 is 7.34. The number of hydrogen-bond acceptors (Lipinski definition) is 6. The summed E-state index contributed by atoms with van der Waals surface area (Å²) in [5.41, 5.74) is 1.53. The minimum absolute atomic E-state index is 0.157. The van der Waals surface area contributed by atoms with Crippen molar-refractivity contribution in [3.05, 3.63) is 77.7 Å². The number of anilines is 1. The van der Waals surface area contributed by atoms with E-state index in [2.05, 4.69) is 15.5 Å². The zero-order valence-corrected chi connectivity index (χ0v) is 19.1. The van der Waals surface area contributed by atoms with E-state index in [1.807, 2.05) is 47.9 Å². The summed E-state index contributed by atoms with van der Waals surface area (Å²) in [7, 11) is 1.62. The van der Waals surface area contributed by atoms with Crippen molar-refractivity contribution in [1.29, 1.82) is 0 Å². The summed E-state index contributed by atoms with van der Waals surface area (Å²) in [6.45, 7) is 2.26. The van der Waals surface area contributed by atoms with E-state index < -0.39 is 5.25 Å². The number of methoxy groups -OCH3 is 1. The van der Waals surface area contributed by atoms with Gasteiger partial charge in [-0.1, -0.05) is 29.4 Å². The van der Waals surface area contributed by atoms with Gasteiger partial charge in [0, 0.05) is 16.3 Å². The molecule has 0 fully saturated rings. The molecular weight excluding hydrogens is 448 g/mol. The number of thioether (sulfide) groups is 1. The van der Waals surface area contributed by atoms with E-state index in [-0.39, 0.29) is 5.91 Å². The smallest absolute Gasteiger partial charge is 0.237 e. The minimum atomic E-state index is -0.419. The van der Waals surface area contributed by atoms with Crippen LogP contribution in [0.4, 0.5) is 5.69 Å². The Morgan fingerprint density at radius 1 is 1.19 bits per heavy atom. The van der Waals surface area contributed by atoms with Crippen molar-refractivity contribution in [2.75, 3.05) is 12.4 Å². The third-order valence-electron chi connectivity index (χ3n) is 4.70. The Balaban J connectivity index is 1.58. The van der Waals surface area contributed by atoms with E-state index in [0.29, 0.717) is 28.2 Å². The summed E-state index contributed by atoms with van der Waals surface area (Å²) in [5, 5.41) is 12.4. The van der Waals surface area contributed by atoms with Gasteiger partial charge in [-0.15, -0.1) is 10.2 Å². The lowest BCUT2D eigenvalue weighted by Crippen LogP contribution is -2.23. The Bertz CT molecular complexity index is 1190. The second-order valence-corrected chi connectivity index (χ2v) is 8.70. The number of carbonyl (C=O) groups is 1. The predicted octanol–water partition coefficient (Wildman–Crippen LogP) is 5.37. The molecule has 4 aromatic rings. The molecule has 0 aliphatic heterocycles. The van der Waals surface area contributed by atoms with Crippen LogP contribution in [0.2, 0.25) is 5.02 Å². The predicted molar refractivity (Wildman–Crippen MR) is 125 cm³/mol. The van der Waals surface area contributed by atoms with Crippen LogP contribution in [-0.2, 0) is 11.3 Å². The van der Waals surface area contributed by atoms with Crippen molar-refractivity contribution < 1.29 is 13.9 Å². The maximum atomic E-state index is 12.7. The van der Waals surface area contributed by atoms with Gasteiger partial charge in [0.2, 0.25) is 5.91 Å². The normalized spacial score (nSPS) is 11.8. The number of furan rings is 1. The van der Waals surface area contributed by atoms with E-state index in [9.17, 15) is 4.79 Å².